The summed E-state index contributed by atoms with van der Waals surface area (Å²) in [6.45, 7) is 2.62. The molecule has 216 valence electrons. The monoisotopic (exact) mass is 573 g/mol. The molecule has 0 radical (unpaired) electrons. The van der Waals surface area contributed by atoms with Crippen LogP contribution in [0.5, 0.6) is 5.75 Å². The predicted octanol–water partition coefficient (Wildman–Crippen LogP) is 2.29. The van der Waals surface area contributed by atoms with Gasteiger partial charge >= 0.3 is 0 Å². The number of amides is 1. The van der Waals surface area contributed by atoms with Gasteiger partial charge in [0, 0.05) is 29.1 Å². The van der Waals surface area contributed by atoms with Gasteiger partial charge in [-0.25, -0.2) is 0 Å². The number of likely N-dealkylation sites (N-methyl/N-ethyl adjacent to an activating group) is 1. The van der Waals surface area contributed by atoms with Crippen LogP contribution in [-0.4, -0.2) is 74.6 Å². The summed E-state index contributed by atoms with van der Waals surface area (Å²) in [6, 6.07) is 0.687. The molecular formula is C29H36ClN3O7. The minimum atomic E-state index is -2.66. The number of aliphatic hydroxyl groups excluding tert-OH is 2. The lowest BCUT2D eigenvalue weighted by Gasteiger charge is -2.50. The maximum absolute atomic E-state index is 13.9. The molecule has 0 aliphatic heterocycles. The van der Waals surface area contributed by atoms with Crippen LogP contribution in [-0.2, 0) is 27.3 Å². The van der Waals surface area contributed by atoms with E-state index in [1.54, 1.807) is 14.1 Å². The van der Waals surface area contributed by atoms with Gasteiger partial charge in [0.25, 0.3) is 5.91 Å². The van der Waals surface area contributed by atoms with E-state index in [2.05, 4.69) is 12.2 Å². The standard InChI is InChI=1S/C29H36ClN3O7/c1-4-12-5-6-15(7-12)32-11-14-10-18(34)20-16(22(14)30)8-13-9-17-23(33(2)3)25(36)21(28(31)39)27(38)29(17,40)26(37)19(13)24(20)35/h10,12-13,15,17,23,32,34-35,38,40H,4-9,11H2,1-3H3,(H2,31,39)/t12?,13-,15?,17-,23-,29-/m0/s1. The van der Waals surface area contributed by atoms with Gasteiger partial charge in [0.05, 0.1) is 11.6 Å². The van der Waals surface area contributed by atoms with Gasteiger partial charge in [-0.1, -0.05) is 24.9 Å². The molecule has 4 aliphatic rings. The zero-order chi connectivity index (χ0) is 29.3. The average molecular weight is 574 g/mol. The van der Waals surface area contributed by atoms with Crippen LogP contribution in [0.1, 0.15) is 55.7 Å². The first-order valence-electron chi connectivity index (χ1n) is 13.7. The molecular weight excluding hydrogens is 538 g/mol. The summed E-state index contributed by atoms with van der Waals surface area (Å²) >= 11 is 6.84. The van der Waals surface area contributed by atoms with Crippen molar-refractivity contribution in [3.05, 3.63) is 44.7 Å². The molecule has 1 aromatic carbocycles. The van der Waals surface area contributed by atoms with E-state index in [0.29, 0.717) is 34.7 Å². The zero-order valence-corrected chi connectivity index (χ0v) is 23.6. The van der Waals surface area contributed by atoms with Crippen molar-refractivity contribution >= 4 is 34.8 Å². The van der Waals surface area contributed by atoms with Crippen molar-refractivity contribution in [1.29, 1.82) is 0 Å². The number of hydrogen-bond donors (Lipinski definition) is 6. The van der Waals surface area contributed by atoms with Crippen molar-refractivity contribution in [2.45, 2.75) is 69.7 Å². The Morgan fingerprint density at radius 1 is 1.20 bits per heavy atom. The molecule has 1 amide bonds. The number of primary amides is 1. The van der Waals surface area contributed by atoms with E-state index in [9.17, 15) is 34.8 Å². The number of halogens is 1. The van der Waals surface area contributed by atoms with Crippen LogP contribution in [0.4, 0.5) is 0 Å². The number of nitrogens with one attached hydrogen (secondary N) is 1. The Morgan fingerprint density at radius 2 is 1.90 bits per heavy atom. The summed E-state index contributed by atoms with van der Waals surface area (Å²) in [5.41, 5.74) is 2.80. The van der Waals surface area contributed by atoms with Crippen LogP contribution in [0.3, 0.4) is 0 Å². The fraction of sp³-hybridized carbons (Fsp3) is 0.552. The number of nitrogens with two attached hydrogens (primary N) is 1. The van der Waals surface area contributed by atoms with E-state index < -0.39 is 58.0 Å². The quantitative estimate of drug-likeness (QED) is 0.279. The summed E-state index contributed by atoms with van der Waals surface area (Å²) < 4.78 is 0. The molecule has 0 saturated heterocycles. The van der Waals surface area contributed by atoms with Gasteiger partial charge in [0.1, 0.15) is 22.8 Å². The fourth-order valence-corrected chi connectivity index (χ4v) is 7.65. The second-order valence-corrected chi connectivity index (χ2v) is 12.2. The molecule has 0 bridgehead atoms. The Hall–Kier alpha value is -2.92. The third kappa shape index (κ3) is 4.15. The highest BCUT2D eigenvalue weighted by Crippen LogP contribution is 2.53. The number of fused-ring (bicyclic) bond motifs is 3. The van der Waals surface area contributed by atoms with Crippen LogP contribution in [0.25, 0.3) is 5.76 Å². The van der Waals surface area contributed by atoms with Crippen LogP contribution in [0, 0.1) is 17.8 Å². The van der Waals surface area contributed by atoms with Gasteiger partial charge < -0.3 is 31.5 Å². The van der Waals surface area contributed by atoms with Gasteiger partial charge in [0.15, 0.2) is 11.4 Å². The molecule has 4 aliphatic carbocycles. The van der Waals surface area contributed by atoms with E-state index in [1.807, 2.05) is 0 Å². The molecule has 2 fully saturated rings. The van der Waals surface area contributed by atoms with Crippen molar-refractivity contribution in [2.24, 2.45) is 23.5 Å². The summed E-state index contributed by atoms with van der Waals surface area (Å²) in [5, 5.41) is 48.8. The van der Waals surface area contributed by atoms with E-state index in [4.69, 9.17) is 17.3 Å². The zero-order valence-electron chi connectivity index (χ0n) is 22.8. The van der Waals surface area contributed by atoms with Gasteiger partial charge in [-0.15, -0.1) is 0 Å². The molecule has 0 spiro atoms. The van der Waals surface area contributed by atoms with Gasteiger partial charge in [0.2, 0.25) is 5.78 Å². The van der Waals surface area contributed by atoms with E-state index in [-0.39, 0.29) is 29.7 Å². The number of phenols is 1. The smallest absolute Gasteiger partial charge is 0.255 e. The van der Waals surface area contributed by atoms with Gasteiger partial charge in [-0.3, -0.25) is 19.3 Å². The molecule has 2 saturated carbocycles. The fourth-order valence-electron chi connectivity index (χ4n) is 7.36. The highest BCUT2D eigenvalue weighted by molar-refractivity contribution is 6.32. The predicted molar refractivity (Wildman–Crippen MR) is 148 cm³/mol. The SMILES string of the molecule is CCC1CCC(NCc2cc(O)c3c(c2Cl)C[C@H]2C[C@H]4[C@H](N(C)C)C(=O)C(C(N)=O)=C(O)[C@@]4(O)C(=O)C2=C3O)C1. The minimum Gasteiger partial charge on any atom is -0.508 e. The number of aromatic hydroxyl groups is 1. The Morgan fingerprint density at radius 3 is 2.50 bits per heavy atom. The Labute approximate surface area is 237 Å². The molecule has 11 heteroatoms. The van der Waals surface area contributed by atoms with Crippen molar-refractivity contribution in [3.63, 3.8) is 0 Å². The summed E-state index contributed by atoms with van der Waals surface area (Å²) in [7, 11) is 3.13. The van der Waals surface area contributed by atoms with E-state index >= 15 is 0 Å². The third-order valence-electron chi connectivity index (χ3n) is 9.43. The molecule has 0 heterocycles. The summed E-state index contributed by atoms with van der Waals surface area (Å²) in [5.74, 6) is -6.10. The lowest BCUT2D eigenvalue weighted by molar-refractivity contribution is -0.153. The topological polar surface area (TPSA) is 173 Å². The van der Waals surface area contributed by atoms with Crippen LogP contribution < -0.4 is 11.1 Å². The maximum atomic E-state index is 13.9. The number of ketones is 2. The number of aliphatic hydroxyl groups is 3. The van der Waals surface area contributed by atoms with Crippen molar-refractivity contribution in [3.8, 4) is 5.75 Å². The lowest BCUT2D eigenvalue weighted by atomic mass is 9.57. The largest absolute Gasteiger partial charge is 0.508 e. The number of phenolic OH excluding ortho intramolecular Hbond substituents is 1. The van der Waals surface area contributed by atoms with E-state index in [1.165, 1.54) is 17.4 Å². The Kier molecular flexibility index (Phi) is 7.27. The number of carbonyl (C=O) groups excluding carboxylic acids is 3. The molecule has 7 N–H and O–H groups in total. The van der Waals surface area contributed by atoms with Gasteiger partial charge in [-0.05, 0) is 75.2 Å². The van der Waals surface area contributed by atoms with Gasteiger partial charge in [-0.2, -0.15) is 0 Å². The molecule has 6 atom stereocenters. The van der Waals surface area contributed by atoms with E-state index in [0.717, 1.165) is 19.3 Å². The van der Waals surface area contributed by atoms with Crippen LogP contribution >= 0.6 is 11.6 Å². The number of carbonyl (C=O) groups is 3. The highest BCUT2D eigenvalue weighted by Gasteiger charge is 2.64. The second kappa shape index (κ2) is 10.2. The Bertz CT molecular complexity index is 1370. The second-order valence-electron chi connectivity index (χ2n) is 11.8. The Balaban J connectivity index is 1.56. The van der Waals surface area contributed by atoms with Crippen molar-refractivity contribution < 1.29 is 34.8 Å². The number of nitrogens with zero attached hydrogens (tertiary/aromatic N) is 1. The van der Waals surface area contributed by atoms with Crippen LogP contribution in [0.2, 0.25) is 5.02 Å². The normalized spacial score (nSPS) is 31.9. The van der Waals surface area contributed by atoms with Crippen molar-refractivity contribution in [2.75, 3.05) is 14.1 Å². The average Bonchev–Trinajstić information content (AvgIpc) is 3.35. The molecule has 2 unspecified atom stereocenters. The first-order chi connectivity index (χ1) is 18.8. The summed E-state index contributed by atoms with van der Waals surface area (Å²) in [4.78, 5) is 40.6. The first-order valence-corrected chi connectivity index (χ1v) is 14.1. The third-order valence-corrected chi connectivity index (χ3v) is 9.90. The summed E-state index contributed by atoms with van der Waals surface area (Å²) in [6.07, 6.45) is 4.64. The number of Topliss-reactive ketones (excluding diaryl/α,β-unsaturated/α-hetero) is 2. The molecule has 40 heavy (non-hydrogen) atoms. The molecule has 1 aromatic rings. The minimum absolute atomic E-state index is 0.00282. The van der Waals surface area contributed by atoms with Crippen molar-refractivity contribution in [1.82, 2.24) is 10.2 Å². The maximum Gasteiger partial charge on any atom is 0.255 e. The number of hydrogen-bond acceptors (Lipinski definition) is 9. The molecule has 0 aromatic heterocycles. The van der Waals surface area contributed by atoms with Crippen LogP contribution in [0.15, 0.2) is 23.0 Å². The highest BCUT2D eigenvalue weighted by atomic mass is 35.5. The number of rotatable bonds is 6. The molecule has 10 nitrogen and oxygen atoms in total. The lowest BCUT2D eigenvalue weighted by Crippen LogP contribution is -2.65. The molecule has 5 rings (SSSR count). The first kappa shape index (κ1) is 28.6. The number of benzene rings is 1.